The summed E-state index contributed by atoms with van der Waals surface area (Å²) in [7, 11) is 3.19. The lowest BCUT2D eigenvalue weighted by Gasteiger charge is -2.39. The van der Waals surface area contributed by atoms with Gasteiger partial charge in [0.05, 0.1) is 24.0 Å². The molecule has 7 heteroatoms. The highest BCUT2D eigenvalue weighted by atomic mass is 19.1. The predicted octanol–water partition coefficient (Wildman–Crippen LogP) is 5.33. The number of carbonyl (C=O) groups is 2. The molecule has 0 fully saturated rings. The molecule has 34 heavy (non-hydrogen) atoms. The Morgan fingerprint density at radius 2 is 1.85 bits per heavy atom. The Balaban J connectivity index is 1.84. The molecule has 0 bridgehead atoms. The molecule has 0 atom stereocenters. The molecule has 0 unspecified atom stereocenters. The number of benzene rings is 3. The first kappa shape index (κ1) is 23.3. The van der Waals surface area contributed by atoms with E-state index < -0.39 is 17.3 Å². The molecule has 1 aliphatic heterocycles. The molecule has 0 radical (unpaired) electrons. The van der Waals surface area contributed by atoms with E-state index in [9.17, 15) is 14.0 Å². The number of nitrogens with zero attached hydrogens (tertiary/aromatic N) is 1. The van der Waals surface area contributed by atoms with Crippen molar-refractivity contribution in [3.05, 3.63) is 77.1 Å². The van der Waals surface area contributed by atoms with Gasteiger partial charge in [0.15, 0.2) is 0 Å². The van der Waals surface area contributed by atoms with Crippen molar-refractivity contribution >= 4 is 23.3 Å². The van der Waals surface area contributed by atoms with E-state index >= 15 is 0 Å². The van der Waals surface area contributed by atoms with E-state index in [1.807, 2.05) is 25.1 Å². The summed E-state index contributed by atoms with van der Waals surface area (Å²) in [6, 6.07) is 15.0. The zero-order chi connectivity index (χ0) is 24.6. The van der Waals surface area contributed by atoms with Gasteiger partial charge in [-0.05, 0) is 62.7 Å². The van der Waals surface area contributed by atoms with Crippen LogP contribution in [0.5, 0.6) is 5.75 Å². The summed E-state index contributed by atoms with van der Waals surface area (Å²) in [6.45, 7) is 5.38. The summed E-state index contributed by atoms with van der Waals surface area (Å²) in [5.41, 5.74) is 3.52. The summed E-state index contributed by atoms with van der Waals surface area (Å²) >= 11 is 0. The molecular weight excluding hydrogens is 435 g/mol. The molecule has 4 rings (SSSR count). The quantitative estimate of drug-likeness (QED) is 0.519. The van der Waals surface area contributed by atoms with Gasteiger partial charge in [0.25, 0.3) is 5.91 Å². The summed E-state index contributed by atoms with van der Waals surface area (Å²) in [5.74, 6) is -0.600. The third-order valence-electron chi connectivity index (χ3n) is 5.96. The number of aryl methyl sites for hydroxylation is 1. The number of esters is 1. The monoisotopic (exact) mass is 462 g/mol. The summed E-state index contributed by atoms with van der Waals surface area (Å²) in [4.78, 5) is 27.4. The number of nitrogens with one attached hydrogen (secondary N) is 1. The highest BCUT2D eigenvalue weighted by molar-refractivity contribution is 6.09. The first-order valence-electron chi connectivity index (χ1n) is 10.9. The molecule has 0 aromatic heterocycles. The number of halogens is 1. The second-order valence-corrected chi connectivity index (χ2v) is 8.89. The normalized spacial score (nSPS) is 14.3. The summed E-state index contributed by atoms with van der Waals surface area (Å²) in [6.07, 6.45) is 0. The first-order chi connectivity index (χ1) is 16.1. The zero-order valence-corrected chi connectivity index (χ0v) is 19.9. The van der Waals surface area contributed by atoms with Crippen LogP contribution in [0.15, 0.2) is 54.6 Å². The Bertz CT molecular complexity index is 1290. The smallest absolute Gasteiger partial charge is 0.338 e. The second-order valence-electron chi connectivity index (χ2n) is 8.89. The Morgan fingerprint density at radius 3 is 2.56 bits per heavy atom. The third-order valence-corrected chi connectivity index (χ3v) is 5.96. The summed E-state index contributed by atoms with van der Waals surface area (Å²) < 4.78 is 25.4. The molecule has 3 aromatic carbocycles. The van der Waals surface area contributed by atoms with Crippen LogP contribution in [0.3, 0.4) is 0 Å². The molecule has 1 aliphatic rings. The number of carbonyl (C=O) groups excluding carboxylic acids is 2. The van der Waals surface area contributed by atoms with Crippen molar-refractivity contribution in [3.8, 4) is 16.9 Å². The average Bonchev–Trinajstić information content (AvgIpc) is 2.80. The van der Waals surface area contributed by atoms with Gasteiger partial charge in [-0.2, -0.15) is 0 Å². The van der Waals surface area contributed by atoms with Gasteiger partial charge in [0.2, 0.25) is 0 Å². The van der Waals surface area contributed by atoms with Crippen LogP contribution in [-0.2, 0) is 16.1 Å². The van der Waals surface area contributed by atoms with Crippen LogP contribution >= 0.6 is 0 Å². The maximum atomic E-state index is 14.2. The van der Waals surface area contributed by atoms with Crippen LogP contribution in [0.1, 0.15) is 35.3 Å². The molecule has 3 aromatic rings. The number of methoxy groups -OCH3 is 1. The van der Waals surface area contributed by atoms with E-state index in [2.05, 4.69) is 5.32 Å². The van der Waals surface area contributed by atoms with Crippen LogP contribution < -0.4 is 15.0 Å². The van der Waals surface area contributed by atoms with E-state index in [0.29, 0.717) is 39.4 Å². The van der Waals surface area contributed by atoms with E-state index in [4.69, 9.17) is 9.47 Å². The predicted molar refractivity (Wildman–Crippen MR) is 130 cm³/mol. The lowest BCUT2D eigenvalue weighted by Crippen LogP contribution is -2.52. The Labute approximate surface area is 198 Å². The van der Waals surface area contributed by atoms with Crippen molar-refractivity contribution in [1.29, 1.82) is 0 Å². The number of rotatable bonds is 5. The standard InChI is InChI=1S/C27H27FN2O4/c1-16-7-6-8-17(13-16)25(31)34-15-21-19(20-14-18(28)9-12-23(20)33-5)10-11-22-24(21)30(4)26(32)27(2,3)29-22/h6-14,29H,15H2,1-5H3. The minimum Gasteiger partial charge on any atom is -0.496 e. The molecule has 0 saturated carbocycles. The van der Waals surface area contributed by atoms with Crippen LogP contribution in [0.2, 0.25) is 0 Å². The lowest BCUT2D eigenvalue weighted by molar-refractivity contribution is -0.121. The number of amides is 1. The number of fused-ring (bicyclic) bond motifs is 1. The number of hydrogen-bond donors (Lipinski definition) is 1. The fourth-order valence-corrected chi connectivity index (χ4v) is 4.31. The van der Waals surface area contributed by atoms with E-state index in [1.165, 1.54) is 19.2 Å². The molecule has 1 heterocycles. The number of hydrogen-bond acceptors (Lipinski definition) is 5. The molecule has 0 aliphatic carbocycles. The van der Waals surface area contributed by atoms with Gasteiger partial charge in [-0.3, -0.25) is 4.79 Å². The van der Waals surface area contributed by atoms with Crippen molar-refractivity contribution in [2.75, 3.05) is 24.4 Å². The van der Waals surface area contributed by atoms with Gasteiger partial charge in [0, 0.05) is 18.2 Å². The molecule has 6 nitrogen and oxygen atoms in total. The third kappa shape index (κ3) is 4.21. The highest BCUT2D eigenvalue weighted by Crippen LogP contribution is 2.44. The van der Waals surface area contributed by atoms with Crippen LogP contribution in [-0.4, -0.2) is 31.6 Å². The Kier molecular flexibility index (Phi) is 6.04. The second kappa shape index (κ2) is 8.82. The zero-order valence-electron chi connectivity index (χ0n) is 19.9. The number of anilines is 2. The SMILES string of the molecule is COc1ccc(F)cc1-c1ccc2c(c1COC(=O)c1cccc(C)c1)N(C)C(=O)C(C)(C)N2. The minimum absolute atomic E-state index is 0.120. The van der Waals surface area contributed by atoms with Crippen molar-refractivity contribution in [2.45, 2.75) is 32.9 Å². The van der Waals surface area contributed by atoms with Gasteiger partial charge in [-0.25, -0.2) is 9.18 Å². The number of ether oxygens (including phenoxy) is 2. The maximum Gasteiger partial charge on any atom is 0.338 e. The van der Waals surface area contributed by atoms with E-state index in [-0.39, 0.29) is 12.5 Å². The highest BCUT2D eigenvalue weighted by Gasteiger charge is 2.38. The fraction of sp³-hybridized carbons (Fsp3) is 0.259. The molecule has 0 spiro atoms. The van der Waals surface area contributed by atoms with Crippen molar-refractivity contribution < 1.29 is 23.5 Å². The van der Waals surface area contributed by atoms with Crippen LogP contribution in [0, 0.1) is 12.7 Å². The molecule has 1 amide bonds. The Hall–Kier alpha value is -3.87. The van der Waals surface area contributed by atoms with E-state index in [0.717, 1.165) is 5.56 Å². The minimum atomic E-state index is -0.810. The van der Waals surface area contributed by atoms with Crippen molar-refractivity contribution in [2.24, 2.45) is 0 Å². The lowest BCUT2D eigenvalue weighted by atomic mass is 9.91. The Morgan fingerprint density at radius 1 is 1.09 bits per heavy atom. The van der Waals surface area contributed by atoms with Gasteiger partial charge < -0.3 is 19.7 Å². The van der Waals surface area contributed by atoms with Crippen LogP contribution in [0.4, 0.5) is 15.8 Å². The number of likely N-dealkylation sites (N-methyl/N-ethyl adjacent to an activating group) is 1. The fourth-order valence-electron chi connectivity index (χ4n) is 4.31. The summed E-state index contributed by atoms with van der Waals surface area (Å²) in [5, 5.41) is 3.27. The van der Waals surface area contributed by atoms with Crippen molar-refractivity contribution in [1.82, 2.24) is 0 Å². The van der Waals surface area contributed by atoms with Gasteiger partial charge >= 0.3 is 5.97 Å². The molecule has 1 N–H and O–H groups in total. The average molecular weight is 463 g/mol. The molecule has 0 saturated heterocycles. The largest absolute Gasteiger partial charge is 0.496 e. The van der Waals surface area contributed by atoms with Crippen molar-refractivity contribution in [3.63, 3.8) is 0 Å². The molecular formula is C27H27FN2O4. The molecule has 176 valence electrons. The maximum absolute atomic E-state index is 14.2. The van der Waals surface area contributed by atoms with Crippen LogP contribution in [0.25, 0.3) is 11.1 Å². The van der Waals surface area contributed by atoms with Gasteiger partial charge in [-0.1, -0.05) is 23.8 Å². The van der Waals surface area contributed by atoms with E-state index in [1.54, 1.807) is 50.1 Å². The van der Waals surface area contributed by atoms with Gasteiger partial charge in [-0.15, -0.1) is 0 Å². The van der Waals surface area contributed by atoms with Gasteiger partial charge in [0.1, 0.15) is 23.7 Å². The first-order valence-corrected chi connectivity index (χ1v) is 10.9. The topological polar surface area (TPSA) is 67.9 Å².